The zero-order valence-corrected chi connectivity index (χ0v) is 11.5. The molecule has 1 heterocycles. The summed E-state index contributed by atoms with van der Waals surface area (Å²) in [6, 6.07) is 8.31. The summed E-state index contributed by atoms with van der Waals surface area (Å²) in [6.07, 6.45) is 0.704. The molecule has 1 aromatic carbocycles. The number of aliphatic hydroxyl groups excluding tert-OH is 1. The molecule has 2 aliphatic rings. The molecule has 3 rings (SSSR count). The fraction of sp³-hybridized carbons (Fsp3) is 0.600. The Balaban J connectivity index is 1.76. The molecule has 0 spiro atoms. The van der Waals surface area contributed by atoms with Crippen molar-refractivity contribution in [2.75, 3.05) is 27.3 Å². The molecular weight excluding hydrogens is 242 g/mol. The molecule has 19 heavy (non-hydrogen) atoms. The second kappa shape index (κ2) is 5.21. The van der Waals surface area contributed by atoms with Crippen LogP contribution in [0.15, 0.2) is 24.3 Å². The number of hydrogen-bond acceptors (Lipinski definition) is 4. The number of ether oxygens (including phenoxy) is 2. The summed E-state index contributed by atoms with van der Waals surface area (Å²) in [7, 11) is 3.44. The number of hydrogen-bond donors (Lipinski definition) is 1. The van der Waals surface area contributed by atoms with Crippen molar-refractivity contribution in [2.45, 2.75) is 30.8 Å². The summed E-state index contributed by atoms with van der Waals surface area (Å²) < 4.78 is 10.9. The van der Waals surface area contributed by atoms with Crippen molar-refractivity contribution >= 4 is 0 Å². The summed E-state index contributed by atoms with van der Waals surface area (Å²) in [6.45, 7) is 1.65. The average Bonchev–Trinajstić information content (AvgIpc) is 3.00. The Morgan fingerprint density at radius 1 is 1.11 bits per heavy atom. The van der Waals surface area contributed by atoms with E-state index in [1.54, 1.807) is 14.2 Å². The fourth-order valence-electron chi connectivity index (χ4n) is 3.38. The molecule has 0 aromatic heterocycles. The average molecular weight is 263 g/mol. The van der Waals surface area contributed by atoms with Gasteiger partial charge in [0, 0.05) is 33.4 Å². The third kappa shape index (κ3) is 2.19. The number of fused-ring (bicyclic) bond motifs is 1. The molecule has 4 atom stereocenters. The van der Waals surface area contributed by atoms with Crippen LogP contribution in [0.3, 0.4) is 0 Å². The van der Waals surface area contributed by atoms with E-state index in [0.717, 1.165) is 25.1 Å². The van der Waals surface area contributed by atoms with Crippen LogP contribution in [-0.2, 0) is 15.9 Å². The lowest BCUT2D eigenvalue weighted by molar-refractivity contribution is -0.00461. The van der Waals surface area contributed by atoms with Crippen LogP contribution in [0.5, 0.6) is 0 Å². The second-order valence-electron chi connectivity index (χ2n) is 5.42. The largest absolute Gasteiger partial charge is 0.387 e. The van der Waals surface area contributed by atoms with Gasteiger partial charge in [-0.2, -0.15) is 0 Å². The van der Waals surface area contributed by atoms with Gasteiger partial charge in [0.1, 0.15) is 0 Å². The highest BCUT2D eigenvalue weighted by Crippen LogP contribution is 2.36. The maximum atomic E-state index is 10.5. The molecule has 104 valence electrons. The van der Waals surface area contributed by atoms with E-state index in [1.807, 2.05) is 18.2 Å². The highest BCUT2D eigenvalue weighted by molar-refractivity contribution is 5.36. The number of aliphatic hydroxyl groups is 1. The predicted molar refractivity (Wildman–Crippen MR) is 72.1 cm³/mol. The molecule has 4 unspecified atom stereocenters. The fourth-order valence-corrected chi connectivity index (χ4v) is 3.38. The normalized spacial score (nSPS) is 34.7. The molecular formula is C15H21NO3. The zero-order valence-electron chi connectivity index (χ0n) is 11.5. The predicted octanol–water partition coefficient (Wildman–Crippen LogP) is 0.990. The maximum absolute atomic E-state index is 10.5. The van der Waals surface area contributed by atoms with Gasteiger partial charge >= 0.3 is 0 Å². The minimum absolute atomic E-state index is 0.0981. The van der Waals surface area contributed by atoms with Crippen LogP contribution < -0.4 is 0 Å². The molecule has 1 aliphatic heterocycles. The topological polar surface area (TPSA) is 41.9 Å². The van der Waals surface area contributed by atoms with Crippen molar-refractivity contribution in [1.29, 1.82) is 0 Å². The van der Waals surface area contributed by atoms with Crippen LogP contribution in [-0.4, -0.2) is 55.6 Å². The first-order chi connectivity index (χ1) is 9.24. The molecule has 0 radical (unpaired) electrons. The lowest BCUT2D eigenvalue weighted by atomic mass is 10.1. The van der Waals surface area contributed by atoms with Crippen molar-refractivity contribution in [2.24, 2.45) is 0 Å². The minimum Gasteiger partial charge on any atom is -0.387 e. The summed E-state index contributed by atoms with van der Waals surface area (Å²) in [5.41, 5.74) is 2.33. The van der Waals surface area contributed by atoms with Crippen LogP contribution in [0.25, 0.3) is 0 Å². The van der Waals surface area contributed by atoms with Gasteiger partial charge in [0.15, 0.2) is 0 Å². The molecule has 1 saturated heterocycles. The lowest BCUT2D eigenvalue weighted by Crippen LogP contribution is -2.37. The second-order valence-corrected chi connectivity index (χ2v) is 5.42. The van der Waals surface area contributed by atoms with E-state index >= 15 is 0 Å². The smallest absolute Gasteiger partial charge is 0.0971 e. The van der Waals surface area contributed by atoms with Crippen molar-refractivity contribution in [3.8, 4) is 0 Å². The van der Waals surface area contributed by atoms with Gasteiger partial charge in [-0.15, -0.1) is 0 Å². The molecule has 4 heteroatoms. The van der Waals surface area contributed by atoms with E-state index in [2.05, 4.69) is 11.0 Å². The van der Waals surface area contributed by atoms with E-state index in [0.29, 0.717) is 0 Å². The van der Waals surface area contributed by atoms with Gasteiger partial charge in [-0.05, 0) is 17.5 Å². The zero-order chi connectivity index (χ0) is 13.4. The van der Waals surface area contributed by atoms with Gasteiger partial charge in [-0.25, -0.2) is 0 Å². The number of nitrogens with zero attached hydrogens (tertiary/aromatic N) is 1. The van der Waals surface area contributed by atoms with Gasteiger partial charge in [0.2, 0.25) is 0 Å². The SMILES string of the molecule is COC1CN(C2Cc3ccccc3C2O)CC1OC. The molecule has 0 saturated carbocycles. The molecule has 1 aromatic rings. The van der Waals surface area contributed by atoms with E-state index in [4.69, 9.17) is 9.47 Å². The van der Waals surface area contributed by atoms with Gasteiger partial charge in [0.05, 0.1) is 18.3 Å². The Morgan fingerprint density at radius 3 is 2.32 bits per heavy atom. The van der Waals surface area contributed by atoms with Crippen molar-refractivity contribution < 1.29 is 14.6 Å². The van der Waals surface area contributed by atoms with Crippen LogP contribution in [0.4, 0.5) is 0 Å². The van der Waals surface area contributed by atoms with Crippen molar-refractivity contribution in [3.05, 3.63) is 35.4 Å². The molecule has 0 bridgehead atoms. The molecule has 0 amide bonds. The quantitative estimate of drug-likeness (QED) is 0.883. The van der Waals surface area contributed by atoms with Gasteiger partial charge in [0.25, 0.3) is 0 Å². The first-order valence-electron chi connectivity index (χ1n) is 6.80. The number of rotatable bonds is 3. The van der Waals surface area contributed by atoms with E-state index in [9.17, 15) is 5.11 Å². The van der Waals surface area contributed by atoms with Gasteiger partial charge in [-0.3, -0.25) is 4.90 Å². The van der Waals surface area contributed by atoms with Gasteiger partial charge in [-0.1, -0.05) is 24.3 Å². The Labute approximate surface area is 113 Å². The Bertz CT molecular complexity index is 439. The van der Waals surface area contributed by atoms with E-state index in [1.165, 1.54) is 5.56 Å². The van der Waals surface area contributed by atoms with E-state index in [-0.39, 0.29) is 18.2 Å². The number of benzene rings is 1. The summed E-state index contributed by atoms with van der Waals surface area (Å²) in [5, 5.41) is 10.5. The Hall–Kier alpha value is -0.940. The molecule has 1 N–H and O–H groups in total. The van der Waals surface area contributed by atoms with Crippen molar-refractivity contribution in [3.63, 3.8) is 0 Å². The number of likely N-dealkylation sites (tertiary alicyclic amines) is 1. The van der Waals surface area contributed by atoms with Crippen molar-refractivity contribution in [1.82, 2.24) is 4.90 Å². The third-order valence-corrected chi connectivity index (χ3v) is 4.49. The number of methoxy groups -OCH3 is 2. The monoisotopic (exact) mass is 263 g/mol. The van der Waals surface area contributed by atoms with Crippen LogP contribution in [0, 0.1) is 0 Å². The standard InChI is InChI=1S/C15H21NO3/c1-18-13-8-16(9-14(13)19-2)12-7-10-5-3-4-6-11(10)15(12)17/h3-6,12-15,17H,7-9H2,1-2H3. The van der Waals surface area contributed by atoms with Gasteiger partial charge < -0.3 is 14.6 Å². The first-order valence-corrected chi connectivity index (χ1v) is 6.80. The van der Waals surface area contributed by atoms with E-state index < -0.39 is 6.10 Å². The third-order valence-electron chi connectivity index (χ3n) is 4.49. The summed E-state index contributed by atoms with van der Waals surface area (Å²) in [5.74, 6) is 0. The maximum Gasteiger partial charge on any atom is 0.0971 e. The first kappa shape index (κ1) is 13.1. The summed E-state index contributed by atoms with van der Waals surface area (Å²) in [4.78, 5) is 2.30. The molecule has 1 aliphatic carbocycles. The van der Waals surface area contributed by atoms with Crippen LogP contribution in [0.2, 0.25) is 0 Å². The minimum atomic E-state index is -0.399. The van der Waals surface area contributed by atoms with Crippen LogP contribution >= 0.6 is 0 Å². The highest BCUT2D eigenvalue weighted by Gasteiger charge is 2.42. The highest BCUT2D eigenvalue weighted by atomic mass is 16.5. The Morgan fingerprint density at radius 2 is 1.74 bits per heavy atom. The summed E-state index contributed by atoms with van der Waals surface area (Å²) >= 11 is 0. The molecule has 4 nitrogen and oxygen atoms in total. The lowest BCUT2D eigenvalue weighted by Gasteiger charge is -2.26. The Kier molecular flexibility index (Phi) is 3.58. The molecule has 1 fully saturated rings. The van der Waals surface area contributed by atoms with Crippen LogP contribution in [0.1, 0.15) is 17.2 Å².